The van der Waals surface area contributed by atoms with Crippen molar-refractivity contribution in [2.45, 2.75) is 31.9 Å². The molecule has 3 aromatic rings. The number of hydrogen-bond donors (Lipinski definition) is 0. The van der Waals surface area contributed by atoms with Crippen LogP contribution in [0.4, 0.5) is 26.3 Å². The molecule has 0 unspecified atom stereocenters. The summed E-state index contributed by atoms with van der Waals surface area (Å²) in [6.45, 7) is 2.01. The summed E-state index contributed by atoms with van der Waals surface area (Å²) in [5.41, 5.74) is 1.10. The molecule has 0 N–H and O–H groups in total. The van der Waals surface area contributed by atoms with Gasteiger partial charge in [0.1, 0.15) is 5.82 Å². The van der Waals surface area contributed by atoms with Crippen molar-refractivity contribution >= 4 is 10.8 Å². The predicted molar refractivity (Wildman–Crippen MR) is 123 cm³/mol. The molecule has 1 aliphatic rings. The zero-order valence-corrected chi connectivity index (χ0v) is 18.7. The largest absolute Gasteiger partial charge is 0.478 e. The average molecular weight is 488 g/mol. The normalized spacial score (nSPS) is 18.1. The van der Waals surface area contributed by atoms with Crippen molar-refractivity contribution in [2.24, 2.45) is 11.8 Å². The van der Waals surface area contributed by atoms with Gasteiger partial charge in [-0.2, -0.15) is 13.2 Å². The maximum absolute atomic E-state index is 14.9. The molecule has 0 heterocycles. The van der Waals surface area contributed by atoms with Crippen molar-refractivity contribution < 1.29 is 31.1 Å². The second-order valence-corrected chi connectivity index (χ2v) is 8.65. The van der Waals surface area contributed by atoms with Crippen molar-refractivity contribution in [3.05, 3.63) is 78.1 Å². The van der Waals surface area contributed by atoms with Gasteiger partial charge in [-0.05, 0) is 66.8 Å². The van der Waals surface area contributed by atoms with Gasteiger partial charge in [-0.1, -0.05) is 36.1 Å². The fourth-order valence-electron chi connectivity index (χ4n) is 4.28. The number of ether oxygens (including phenoxy) is 1. The molecular formula is C28H22F6O. The van der Waals surface area contributed by atoms with Gasteiger partial charge in [-0.25, -0.2) is 13.2 Å². The molecule has 0 aromatic heterocycles. The highest BCUT2D eigenvalue weighted by Gasteiger charge is 2.30. The zero-order valence-electron chi connectivity index (χ0n) is 18.7. The maximum atomic E-state index is 14.9. The van der Waals surface area contributed by atoms with Gasteiger partial charge >= 0.3 is 6.18 Å². The minimum Gasteiger partial charge on any atom is -0.478 e. The lowest BCUT2D eigenvalue weighted by atomic mass is 9.82. The van der Waals surface area contributed by atoms with Crippen molar-refractivity contribution in [3.63, 3.8) is 0 Å². The first kappa shape index (κ1) is 24.7. The van der Waals surface area contributed by atoms with Crippen molar-refractivity contribution in [1.82, 2.24) is 0 Å². The molecule has 0 bridgehead atoms. The second kappa shape index (κ2) is 10.1. The molecule has 35 heavy (non-hydrogen) atoms. The average Bonchev–Trinajstić information content (AvgIpc) is 2.82. The van der Waals surface area contributed by atoms with Crippen LogP contribution in [0.25, 0.3) is 21.9 Å². The Morgan fingerprint density at radius 1 is 0.943 bits per heavy atom. The van der Waals surface area contributed by atoms with E-state index in [9.17, 15) is 26.3 Å². The number of halogens is 6. The Hall–Kier alpha value is -3.40. The summed E-state index contributed by atoms with van der Waals surface area (Å²) in [4.78, 5) is 0. The summed E-state index contributed by atoms with van der Waals surface area (Å²) in [7, 11) is 0. The molecule has 4 rings (SSSR count). The topological polar surface area (TPSA) is 9.23 Å². The zero-order chi connectivity index (χ0) is 25.2. The maximum Gasteiger partial charge on any atom is 0.422 e. The second-order valence-electron chi connectivity index (χ2n) is 8.65. The Bertz CT molecular complexity index is 1310. The van der Waals surface area contributed by atoms with Crippen molar-refractivity contribution in [1.29, 1.82) is 0 Å². The number of fused-ring (bicyclic) bond motifs is 1. The molecule has 1 saturated carbocycles. The summed E-state index contributed by atoms with van der Waals surface area (Å²) in [5.74, 6) is 2.88. The Kier molecular flexibility index (Phi) is 7.11. The molecule has 1 aliphatic carbocycles. The summed E-state index contributed by atoms with van der Waals surface area (Å²) < 4.78 is 85.2. The molecule has 0 saturated heterocycles. The molecule has 1 nitrogen and oxygen atoms in total. The van der Waals surface area contributed by atoms with Crippen LogP contribution < -0.4 is 4.74 Å². The number of benzene rings is 3. The highest BCUT2D eigenvalue weighted by Crippen LogP contribution is 2.34. The van der Waals surface area contributed by atoms with Gasteiger partial charge in [0.2, 0.25) is 0 Å². The van der Waals surface area contributed by atoms with E-state index in [-0.39, 0.29) is 22.3 Å². The van der Waals surface area contributed by atoms with Crippen LogP contribution in [0.3, 0.4) is 0 Å². The summed E-state index contributed by atoms with van der Waals surface area (Å²) in [6.07, 6.45) is 1.31. The Morgan fingerprint density at radius 3 is 2.34 bits per heavy atom. The van der Waals surface area contributed by atoms with Crippen LogP contribution >= 0.6 is 0 Å². The van der Waals surface area contributed by atoms with E-state index < -0.39 is 36.0 Å². The van der Waals surface area contributed by atoms with E-state index in [4.69, 9.17) is 0 Å². The molecule has 1 fully saturated rings. The Balaban J connectivity index is 1.56. The minimum atomic E-state index is -4.74. The lowest BCUT2D eigenvalue weighted by Crippen LogP contribution is -2.20. The third-order valence-corrected chi connectivity index (χ3v) is 6.17. The predicted octanol–water partition coefficient (Wildman–Crippen LogP) is 8.21. The molecule has 0 atom stereocenters. The van der Waals surface area contributed by atoms with E-state index in [1.807, 2.05) is 6.08 Å². The van der Waals surface area contributed by atoms with E-state index in [0.717, 1.165) is 31.7 Å². The fourth-order valence-corrected chi connectivity index (χ4v) is 4.28. The Labute approximate surface area is 199 Å². The van der Waals surface area contributed by atoms with E-state index in [2.05, 4.69) is 23.2 Å². The van der Waals surface area contributed by atoms with Crippen LogP contribution in [0.1, 0.15) is 31.2 Å². The molecule has 0 amide bonds. The smallest absolute Gasteiger partial charge is 0.422 e. The molecule has 0 radical (unpaired) electrons. The van der Waals surface area contributed by atoms with Crippen LogP contribution in [-0.4, -0.2) is 12.8 Å². The molecular weight excluding hydrogens is 466 g/mol. The van der Waals surface area contributed by atoms with Crippen molar-refractivity contribution in [2.75, 3.05) is 6.61 Å². The highest BCUT2D eigenvalue weighted by molar-refractivity contribution is 5.89. The van der Waals surface area contributed by atoms with Gasteiger partial charge < -0.3 is 4.74 Å². The number of rotatable bonds is 4. The van der Waals surface area contributed by atoms with Crippen LogP contribution in [0.5, 0.6) is 5.75 Å². The first-order valence-corrected chi connectivity index (χ1v) is 11.2. The molecule has 0 spiro atoms. The first-order valence-electron chi connectivity index (χ1n) is 11.2. The molecule has 0 aliphatic heterocycles. The quantitative estimate of drug-likeness (QED) is 0.204. The number of alkyl halides is 3. The lowest BCUT2D eigenvalue weighted by Gasteiger charge is -2.22. The minimum absolute atomic E-state index is 0.0650. The Morgan fingerprint density at radius 2 is 1.69 bits per heavy atom. The SMILES string of the molecule is C=CC1CCC(C#Cc2ccc(-c3ccc4c(F)c(OCC(F)(F)F)c(F)cc4c3)c(F)c2)CC1. The summed E-state index contributed by atoms with van der Waals surface area (Å²) >= 11 is 0. The monoisotopic (exact) mass is 488 g/mol. The van der Waals surface area contributed by atoms with E-state index in [1.54, 1.807) is 12.1 Å². The fraction of sp³-hybridized carbons (Fsp3) is 0.286. The van der Waals surface area contributed by atoms with Gasteiger partial charge in [0.25, 0.3) is 0 Å². The van der Waals surface area contributed by atoms with Crippen LogP contribution in [0.2, 0.25) is 0 Å². The molecule has 7 heteroatoms. The standard InChI is InChI=1S/C28H22F6O/c1-2-17-3-5-18(6-4-17)7-8-19-9-11-22(24(29)13-19)20-10-12-23-21(14-20)15-25(30)27(26(23)31)35-16-28(32,33)34/h2,9-15,17-18H,1,3-6,16H2. The summed E-state index contributed by atoms with van der Waals surface area (Å²) in [5, 5.41) is -0.0725. The van der Waals surface area contributed by atoms with Crippen molar-refractivity contribution in [3.8, 4) is 28.7 Å². The number of allylic oxidation sites excluding steroid dienone is 1. The number of hydrogen-bond acceptors (Lipinski definition) is 1. The highest BCUT2D eigenvalue weighted by atomic mass is 19.4. The van der Waals surface area contributed by atoms with Crippen LogP contribution in [-0.2, 0) is 0 Å². The lowest BCUT2D eigenvalue weighted by molar-refractivity contribution is -0.154. The third kappa shape index (κ3) is 5.82. The van der Waals surface area contributed by atoms with E-state index >= 15 is 0 Å². The van der Waals surface area contributed by atoms with Gasteiger partial charge in [0.05, 0.1) is 0 Å². The van der Waals surface area contributed by atoms with Gasteiger partial charge in [-0.15, -0.1) is 6.58 Å². The van der Waals surface area contributed by atoms with Crippen LogP contribution in [0, 0.1) is 41.1 Å². The van der Waals surface area contributed by atoms with E-state index in [0.29, 0.717) is 17.0 Å². The molecule has 3 aromatic carbocycles. The molecule has 182 valence electrons. The van der Waals surface area contributed by atoms with Crippen LogP contribution in [0.15, 0.2) is 55.1 Å². The van der Waals surface area contributed by atoms with Gasteiger partial charge in [0.15, 0.2) is 24.0 Å². The third-order valence-electron chi connectivity index (χ3n) is 6.17. The summed E-state index contributed by atoms with van der Waals surface area (Å²) in [6, 6.07) is 9.45. The van der Waals surface area contributed by atoms with E-state index in [1.165, 1.54) is 24.3 Å². The van der Waals surface area contributed by atoms with Gasteiger partial charge in [-0.3, -0.25) is 0 Å². The first-order chi connectivity index (χ1) is 16.6. The van der Waals surface area contributed by atoms with Gasteiger partial charge in [0, 0.05) is 22.4 Å².